The van der Waals surface area contributed by atoms with Crippen molar-refractivity contribution in [2.24, 2.45) is 0 Å². The molecular formula is C9H15NO2S. The van der Waals surface area contributed by atoms with Gasteiger partial charge in [0.05, 0.1) is 13.2 Å². The lowest BCUT2D eigenvalue weighted by atomic mass is 10.3. The van der Waals surface area contributed by atoms with E-state index >= 15 is 0 Å². The maximum absolute atomic E-state index is 11.2. The van der Waals surface area contributed by atoms with Crippen LogP contribution in [0.1, 0.15) is 0 Å². The smallest absolute Gasteiger partial charge is 0.215 e. The van der Waals surface area contributed by atoms with Crippen molar-refractivity contribution in [3.8, 4) is 0 Å². The van der Waals surface area contributed by atoms with Gasteiger partial charge in [-0.2, -0.15) is 0 Å². The van der Waals surface area contributed by atoms with Gasteiger partial charge in [-0.1, -0.05) is 18.3 Å². The van der Waals surface area contributed by atoms with Crippen LogP contribution in [0.3, 0.4) is 0 Å². The van der Waals surface area contributed by atoms with Crippen molar-refractivity contribution in [3.63, 3.8) is 0 Å². The summed E-state index contributed by atoms with van der Waals surface area (Å²) in [6, 6.07) is 0. The fourth-order valence-electron chi connectivity index (χ4n) is 1.24. The van der Waals surface area contributed by atoms with Crippen LogP contribution in [0, 0.1) is 0 Å². The Balaban J connectivity index is 2.30. The monoisotopic (exact) mass is 201 g/mol. The molecule has 13 heavy (non-hydrogen) atoms. The third kappa shape index (κ3) is 3.50. The van der Waals surface area contributed by atoms with Gasteiger partial charge in [0, 0.05) is 25.2 Å². The first-order valence-electron chi connectivity index (χ1n) is 4.30. The first-order valence-corrected chi connectivity index (χ1v) is 5.52. The summed E-state index contributed by atoms with van der Waals surface area (Å²) >= 11 is 1.23. The molecule has 3 nitrogen and oxygen atoms in total. The number of ether oxygens (including phenoxy) is 1. The van der Waals surface area contributed by atoms with Crippen molar-refractivity contribution in [3.05, 3.63) is 12.2 Å². The van der Waals surface area contributed by atoms with Gasteiger partial charge in [0.15, 0.2) is 0 Å². The molecule has 0 amide bonds. The molecule has 0 spiro atoms. The molecule has 74 valence electrons. The molecule has 0 aromatic heterocycles. The molecular weight excluding hydrogens is 186 g/mol. The van der Waals surface area contributed by atoms with Crippen LogP contribution in [0.2, 0.25) is 0 Å². The van der Waals surface area contributed by atoms with Gasteiger partial charge in [0.2, 0.25) is 5.12 Å². The molecule has 1 fully saturated rings. The Hall–Kier alpha value is -0.320. The lowest BCUT2D eigenvalue weighted by Crippen LogP contribution is -2.38. The van der Waals surface area contributed by atoms with E-state index < -0.39 is 0 Å². The van der Waals surface area contributed by atoms with Crippen molar-refractivity contribution < 1.29 is 9.53 Å². The number of carbonyl (C=O) groups excluding carboxylic acids is 1. The zero-order chi connectivity index (χ0) is 9.68. The van der Waals surface area contributed by atoms with E-state index in [1.807, 2.05) is 0 Å². The van der Waals surface area contributed by atoms with E-state index in [0.717, 1.165) is 26.3 Å². The Morgan fingerprint density at radius 1 is 1.54 bits per heavy atom. The fraction of sp³-hybridized carbons (Fsp3) is 0.667. The van der Waals surface area contributed by atoms with Gasteiger partial charge in [-0.15, -0.1) is 0 Å². The first kappa shape index (κ1) is 10.8. The molecule has 0 unspecified atom stereocenters. The summed E-state index contributed by atoms with van der Waals surface area (Å²) in [5, 5.41) is 0.0893. The number of rotatable bonds is 3. The molecule has 0 bridgehead atoms. The van der Waals surface area contributed by atoms with E-state index in [4.69, 9.17) is 4.74 Å². The van der Waals surface area contributed by atoms with Crippen molar-refractivity contribution in [2.75, 3.05) is 39.1 Å². The van der Waals surface area contributed by atoms with Crippen molar-refractivity contribution >= 4 is 16.9 Å². The van der Waals surface area contributed by atoms with E-state index in [9.17, 15) is 4.79 Å². The number of hydrogen-bond acceptors (Lipinski definition) is 4. The molecule has 0 aliphatic carbocycles. The fourth-order valence-corrected chi connectivity index (χ4v) is 1.59. The Labute approximate surface area is 83.1 Å². The number of hydrogen-bond donors (Lipinski definition) is 0. The van der Waals surface area contributed by atoms with Crippen LogP contribution in [0.4, 0.5) is 0 Å². The minimum atomic E-state index is 0.0893. The summed E-state index contributed by atoms with van der Waals surface area (Å²) in [5.74, 6) is 0. The van der Waals surface area contributed by atoms with E-state index in [1.165, 1.54) is 11.8 Å². The number of nitrogens with zero attached hydrogens (tertiary/aromatic N) is 1. The standard InChI is InChI=1S/C9H15NO2S/c1-8(9(11)13-2)7-10-3-5-12-6-4-10/h1,3-7H2,2H3. The molecule has 1 aliphatic heterocycles. The molecule has 1 heterocycles. The zero-order valence-electron chi connectivity index (χ0n) is 7.91. The number of carbonyl (C=O) groups is 1. The summed E-state index contributed by atoms with van der Waals surface area (Å²) in [7, 11) is 0. The summed E-state index contributed by atoms with van der Waals surface area (Å²) in [6.07, 6.45) is 1.78. The van der Waals surface area contributed by atoms with Crippen LogP contribution in [0.25, 0.3) is 0 Å². The minimum absolute atomic E-state index is 0.0893. The van der Waals surface area contributed by atoms with Crippen LogP contribution >= 0.6 is 11.8 Å². The van der Waals surface area contributed by atoms with Crippen LogP contribution in [-0.4, -0.2) is 49.1 Å². The predicted molar refractivity (Wildman–Crippen MR) is 54.9 cm³/mol. The second kappa shape index (κ2) is 5.42. The van der Waals surface area contributed by atoms with E-state index in [2.05, 4.69) is 11.5 Å². The SMILES string of the molecule is C=C(CN1CCOCC1)C(=O)SC. The lowest BCUT2D eigenvalue weighted by Gasteiger charge is -2.26. The average Bonchev–Trinajstić information content (AvgIpc) is 2.18. The predicted octanol–water partition coefficient (Wildman–Crippen LogP) is 0.764. The zero-order valence-corrected chi connectivity index (χ0v) is 8.73. The van der Waals surface area contributed by atoms with Gasteiger partial charge in [-0.3, -0.25) is 9.69 Å². The number of thioether (sulfide) groups is 1. The second-order valence-corrected chi connectivity index (χ2v) is 3.76. The molecule has 1 aliphatic rings. The summed E-state index contributed by atoms with van der Waals surface area (Å²) in [4.78, 5) is 13.4. The van der Waals surface area contributed by atoms with Crippen molar-refractivity contribution in [2.45, 2.75) is 0 Å². The molecule has 0 radical (unpaired) electrons. The van der Waals surface area contributed by atoms with Crippen LogP contribution in [0.15, 0.2) is 12.2 Å². The summed E-state index contributed by atoms with van der Waals surface area (Å²) < 4.78 is 5.21. The maximum Gasteiger partial charge on any atom is 0.215 e. The minimum Gasteiger partial charge on any atom is -0.379 e. The Kier molecular flexibility index (Phi) is 4.48. The first-order chi connectivity index (χ1) is 6.24. The third-order valence-electron chi connectivity index (χ3n) is 1.99. The van der Waals surface area contributed by atoms with Crippen molar-refractivity contribution in [1.82, 2.24) is 4.90 Å². The lowest BCUT2D eigenvalue weighted by molar-refractivity contribution is -0.108. The normalized spacial score (nSPS) is 18.5. The highest BCUT2D eigenvalue weighted by atomic mass is 32.2. The van der Waals surface area contributed by atoms with Crippen molar-refractivity contribution in [1.29, 1.82) is 0 Å². The molecule has 0 aromatic rings. The Bertz CT molecular complexity index is 200. The van der Waals surface area contributed by atoms with E-state index in [0.29, 0.717) is 12.1 Å². The molecule has 4 heteroatoms. The molecule has 1 saturated heterocycles. The topological polar surface area (TPSA) is 29.5 Å². The largest absolute Gasteiger partial charge is 0.379 e. The average molecular weight is 201 g/mol. The van der Waals surface area contributed by atoms with Crippen LogP contribution in [0.5, 0.6) is 0 Å². The molecule has 0 atom stereocenters. The van der Waals surface area contributed by atoms with E-state index in [-0.39, 0.29) is 5.12 Å². The maximum atomic E-state index is 11.2. The third-order valence-corrected chi connectivity index (χ3v) is 2.65. The van der Waals surface area contributed by atoms with Crippen LogP contribution in [-0.2, 0) is 9.53 Å². The van der Waals surface area contributed by atoms with Gasteiger partial charge >= 0.3 is 0 Å². The van der Waals surface area contributed by atoms with E-state index in [1.54, 1.807) is 6.26 Å². The second-order valence-electron chi connectivity index (χ2n) is 2.98. The van der Waals surface area contributed by atoms with Gasteiger partial charge in [-0.25, -0.2) is 0 Å². The van der Waals surface area contributed by atoms with Gasteiger partial charge < -0.3 is 4.74 Å². The highest BCUT2D eigenvalue weighted by Gasteiger charge is 2.14. The highest BCUT2D eigenvalue weighted by molar-refractivity contribution is 8.13. The van der Waals surface area contributed by atoms with Gasteiger partial charge in [0.25, 0.3) is 0 Å². The van der Waals surface area contributed by atoms with Gasteiger partial charge in [0.1, 0.15) is 0 Å². The molecule has 0 saturated carbocycles. The molecule has 0 aromatic carbocycles. The quantitative estimate of drug-likeness (QED) is 0.631. The Morgan fingerprint density at radius 2 is 2.15 bits per heavy atom. The van der Waals surface area contributed by atoms with Crippen LogP contribution < -0.4 is 0 Å². The highest BCUT2D eigenvalue weighted by Crippen LogP contribution is 2.08. The Morgan fingerprint density at radius 3 is 2.69 bits per heavy atom. The molecule has 0 N–H and O–H groups in total. The summed E-state index contributed by atoms with van der Waals surface area (Å²) in [6.45, 7) is 7.79. The number of morpholine rings is 1. The van der Waals surface area contributed by atoms with Gasteiger partial charge in [-0.05, 0) is 6.26 Å². The molecule has 1 rings (SSSR count). The summed E-state index contributed by atoms with van der Waals surface area (Å²) in [5.41, 5.74) is 0.689.